The molecule has 2 aromatic heterocycles. The summed E-state index contributed by atoms with van der Waals surface area (Å²) in [5.74, 6) is -0.288. The van der Waals surface area contributed by atoms with E-state index in [1.165, 1.54) is 12.5 Å². The third-order valence-corrected chi connectivity index (χ3v) is 6.80. The minimum atomic E-state index is -4.28. The van der Waals surface area contributed by atoms with Crippen molar-refractivity contribution in [3.63, 3.8) is 0 Å². The van der Waals surface area contributed by atoms with E-state index in [2.05, 4.69) is 25.6 Å². The molecule has 0 spiro atoms. The number of nitrogens with one attached hydrogen (secondary N) is 2. The van der Waals surface area contributed by atoms with E-state index in [4.69, 9.17) is 4.74 Å². The second-order valence-electron chi connectivity index (χ2n) is 8.91. The van der Waals surface area contributed by atoms with E-state index >= 15 is 0 Å². The van der Waals surface area contributed by atoms with Crippen LogP contribution in [0.4, 0.5) is 13.2 Å². The summed E-state index contributed by atoms with van der Waals surface area (Å²) in [4.78, 5) is 25.2. The van der Waals surface area contributed by atoms with Crippen LogP contribution in [0.5, 0.6) is 0 Å². The van der Waals surface area contributed by atoms with Gasteiger partial charge in [0.25, 0.3) is 5.91 Å². The molecule has 0 bridgehead atoms. The van der Waals surface area contributed by atoms with Crippen LogP contribution in [0.1, 0.15) is 47.8 Å². The second-order valence-corrected chi connectivity index (χ2v) is 8.91. The largest absolute Gasteiger partial charge is 0.401 e. The number of carbonyl (C=O) groups is 1. The highest BCUT2D eigenvalue weighted by atomic mass is 19.4. The van der Waals surface area contributed by atoms with E-state index in [1.54, 1.807) is 18.6 Å². The minimum Gasteiger partial charge on any atom is -0.381 e. The molecule has 180 valence electrons. The molecule has 0 radical (unpaired) electrons. The molecule has 3 heterocycles. The van der Waals surface area contributed by atoms with Crippen LogP contribution < -0.4 is 10.6 Å². The van der Waals surface area contributed by atoms with Gasteiger partial charge in [-0.05, 0) is 43.6 Å². The smallest absolute Gasteiger partial charge is 0.381 e. The van der Waals surface area contributed by atoms with Crippen LogP contribution in [-0.2, 0) is 11.8 Å². The number of carbonyl (C=O) groups excluding carboxylic acids is 1. The van der Waals surface area contributed by atoms with Crippen LogP contribution in [-0.4, -0.2) is 63.4 Å². The number of hydrogen-bond donors (Lipinski definition) is 2. The van der Waals surface area contributed by atoms with Crippen molar-refractivity contribution in [1.29, 1.82) is 0 Å². The van der Waals surface area contributed by atoms with E-state index in [0.29, 0.717) is 26.1 Å². The van der Waals surface area contributed by atoms with Crippen LogP contribution in [0.25, 0.3) is 0 Å². The molecule has 11 heteroatoms. The molecule has 1 saturated heterocycles. The lowest BCUT2D eigenvalue weighted by molar-refractivity contribution is -0.127. The SMILES string of the molecule is Cn1cncc1[C@@H]1C[C@H](NCC(F)(F)F)C[C@H](C2CCOCC2)[C@H]1NC(=O)c1ccncn1. The van der Waals surface area contributed by atoms with Gasteiger partial charge in [-0.1, -0.05) is 0 Å². The number of amides is 1. The average molecular weight is 467 g/mol. The number of nitrogens with zero attached hydrogens (tertiary/aromatic N) is 4. The van der Waals surface area contributed by atoms with Crippen molar-refractivity contribution in [2.45, 2.75) is 49.9 Å². The lowest BCUT2D eigenvalue weighted by atomic mass is 9.66. The van der Waals surface area contributed by atoms with E-state index in [9.17, 15) is 18.0 Å². The van der Waals surface area contributed by atoms with Gasteiger partial charge in [0.2, 0.25) is 0 Å². The Bertz CT molecular complexity index is 916. The molecule has 0 aromatic carbocycles. The van der Waals surface area contributed by atoms with Crippen molar-refractivity contribution in [2.75, 3.05) is 19.8 Å². The summed E-state index contributed by atoms with van der Waals surface area (Å²) in [6.07, 6.45) is 4.60. The van der Waals surface area contributed by atoms with Crippen molar-refractivity contribution in [3.05, 3.63) is 42.5 Å². The molecule has 1 amide bonds. The van der Waals surface area contributed by atoms with Crippen molar-refractivity contribution in [3.8, 4) is 0 Å². The first kappa shape index (κ1) is 23.6. The van der Waals surface area contributed by atoms with Gasteiger partial charge in [0, 0.05) is 56.4 Å². The van der Waals surface area contributed by atoms with E-state index in [1.807, 2.05) is 11.6 Å². The Balaban J connectivity index is 1.64. The molecule has 2 fully saturated rings. The first-order valence-electron chi connectivity index (χ1n) is 11.2. The number of imidazole rings is 1. The fraction of sp³-hybridized carbons (Fsp3) is 0.636. The first-order valence-corrected chi connectivity index (χ1v) is 11.2. The van der Waals surface area contributed by atoms with Crippen LogP contribution in [0.3, 0.4) is 0 Å². The molecule has 0 unspecified atom stereocenters. The van der Waals surface area contributed by atoms with Gasteiger partial charge in [-0.2, -0.15) is 13.2 Å². The van der Waals surface area contributed by atoms with Crippen molar-refractivity contribution in [1.82, 2.24) is 30.2 Å². The van der Waals surface area contributed by atoms with Crippen molar-refractivity contribution in [2.24, 2.45) is 18.9 Å². The van der Waals surface area contributed by atoms with Crippen molar-refractivity contribution >= 4 is 5.91 Å². The molecule has 4 atom stereocenters. The highest BCUT2D eigenvalue weighted by Gasteiger charge is 2.44. The van der Waals surface area contributed by atoms with Gasteiger partial charge < -0.3 is 19.9 Å². The Labute approximate surface area is 190 Å². The fourth-order valence-corrected chi connectivity index (χ4v) is 5.27. The maximum absolute atomic E-state index is 13.1. The van der Waals surface area contributed by atoms with Gasteiger partial charge in [-0.3, -0.25) is 4.79 Å². The summed E-state index contributed by atoms with van der Waals surface area (Å²) in [6.45, 7) is 0.198. The van der Waals surface area contributed by atoms with E-state index < -0.39 is 12.7 Å². The average Bonchev–Trinajstić information content (AvgIpc) is 3.24. The Morgan fingerprint density at radius 2 is 2.03 bits per heavy atom. The highest BCUT2D eigenvalue weighted by Crippen LogP contribution is 2.42. The maximum Gasteiger partial charge on any atom is 0.401 e. The normalized spacial score (nSPS) is 26.8. The lowest BCUT2D eigenvalue weighted by Gasteiger charge is -2.46. The summed E-state index contributed by atoms with van der Waals surface area (Å²) < 4.78 is 46.3. The number of ether oxygens (including phenoxy) is 1. The molecule has 33 heavy (non-hydrogen) atoms. The topological polar surface area (TPSA) is 94.0 Å². The quantitative estimate of drug-likeness (QED) is 0.679. The van der Waals surface area contributed by atoms with E-state index in [0.717, 1.165) is 18.5 Å². The predicted octanol–water partition coefficient (Wildman–Crippen LogP) is 2.45. The summed E-state index contributed by atoms with van der Waals surface area (Å²) >= 11 is 0. The van der Waals surface area contributed by atoms with Crippen molar-refractivity contribution < 1.29 is 22.7 Å². The molecular formula is C22H29F3N6O2. The van der Waals surface area contributed by atoms with Gasteiger partial charge in [0.1, 0.15) is 12.0 Å². The number of aryl methyl sites for hydroxylation is 1. The molecule has 1 aliphatic carbocycles. The van der Waals surface area contributed by atoms with Crippen LogP contribution >= 0.6 is 0 Å². The third-order valence-electron chi connectivity index (χ3n) is 6.80. The number of alkyl halides is 3. The molecule has 2 N–H and O–H groups in total. The number of rotatable bonds is 6. The summed E-state index contributed by atoms with van der Waals surface area (Å²) in [5.41, 5.74) is 1.15. The monoisotopic (exact) mass is 466 g/mol. The van der Waals surface area contributed by atoms with E-state index in [-0.39, 0.29) is 41.4 Å². The first-order chi connectivity index (χ1) is 15.8. The lowest BCUT2D eigenvalue weighted by Crippen LogP contribution is -2.55. The van der Waals surface area contributed by atoms with Gasteiger partial charge in [0.15, 0.2) is 0 Å². The summed E-state index contributed by atoms with van der Waals surface area (Å²) in [6, 6.07) is 0.954. The zero-order valence-electron chi connectivity index (χ0n) is 18.5. The predicted molar refractivity (Wildman–Crippen MR) is 113 cm³/mol. The zero-order chi connectivity index (χ0) is 23.4. The molecule has 2 aromatic rings. The zero-order valence-corrected chi connectivity index (χ0v) is 18.5. The Morgan fingerprint density at radius 1 is 1.24 bits per heavy atom. The van der Waals surface area contributed by atoms with Gasteiger partial charge >= 0.3 is 6.18 Å². The van der Waals surface area contributed by atoms with Crippen LogP contribution in [0.15, 0.2) is 31.1 Å². The maximum atomic E-state index is 13.1. The number of aromatic nitrogens is 4. The number of halogens is 3. The van der Waals surface area contributed by atoms with Gasteiger partial charge in [-0.25, -0.2) is 15.0 Å². The molecule has 2 aliphatic rings. The Kier molecular flexibility index (Phi) is 7.28. The molecule has 8 nitrogen and oxygen atoms in total. The van der Waals surface area contributed by atoms with Gasteiger partial charge in [-0.15, -0.1) is 0 Å². The third kappa shape index (κ3) is 5.89. The summed E-state index contributed by atoms with van der Waals surface area (Å²) in [7, 11) is 1.86. The van der Waals surface area contributed by atoms with Crippen LogP contribution in [0, 0.1) is 11.8 Å². The number of hydrogen-bond acceptors (Lipinski definition) is 6. The Morgan fingerprint density at radius 3 is 2.67 bits per heavy atom. The minimum absolute atomic E-state index is 0.0147. The second kappa shape index (κ2) is 10.2. The summed E-state index contributed by atoms with van der Waals surface area (Å²) in [5, 5.41) is 5.91. The molecule has 1 saturated carbocycles. The molecular weight excluding hydrogens is 437 g/mol. The fourth-order valence-electron chi connectivity index (χ4n) is 5.27. The standard InChI is InChI=1S/C22H29F3N6O2/c1-31-13-27-10-19(31)17-9-15(28-11-22(23,24)25)8-16(14-3-6-33-7-4-14)20(17)30-21(32)18-2-5-26-12-29-18/h2,5,10,12-17,20,28H,3-4,6-9,11H2,1H3,(H,30,32)/t15-,16-,17+,20-/m1/s1. The van der Waals surface area contributed by atoms with Crippen LogP contribution in [0.2, 0.25) is 0 Å². The Hall–Kier alpha value is -2.53. The molecule has 1 aliphatic heterocycles. The molecule has 4 rings (SSSR count). The highest BCUT2D eigenvalue weighted by molar-refractivity contribution is 5.92. The van der Waals surface area contributed by atoms with Gasteiger partial charge in [0.05, 0.1) is 12.9 Å².